The number of hydrogen-bond acceptors (Lipinski definition) is 5. The van der Waals surface area contributed by atoms with E-state index in [1.165, 1.54) is 6.33 Å². The van der Waals surface area contributed by atoms with Crippen molar-refractivity contribution in [1.29, 1.82) is 0 Å². The second-order valence-corrected chi connectivity index (χ2v) is 9.20. The lowest BCUT2D eigenvalue weighted by atomic mass is 9.93. The molecule has 1 aliphatic heterocycles. The van der Waals surface area contributed by atoms with Gasteiger partial charge in [-0.2, -0.15) is 5.10 Å². The first kappa shape index (κ1) is 21.3. The molecule has 3 aromatic heterocycles. The molecule has 0 saturated carbocycles. The first-order chi connectivity index (χ1) is 17.2. The summed E-state index contributed by atoms with van der Waals surface area (Å²) in [4.78, 5) is 26.7. The van der Waals surface area contributed by atoms with Crippen LogP contribution in [0.5, 0.6) is 0 Å². The number of aromatic nitrogens is 5. The van der Waals surface area contributed by atoms with E-state index in [2.05, 4.69) is 33.2 Å². The van der Waals surface area contributed by atoms with Gasteiger partial charge in [0.05, 0.1) is 5.39 Å². The fourth-order valence-corrected chi connectivity index (χ4v) is 5.08. The summed E-state index contributed by atoms with van der Waals surface area (Å²) >= 11 is 0. The summed E-state index contributed by atoms with van der Waals surface area (Å²) in [5.41, 5.74) is 10.7. The van der Waals surface area contributed by atoms with Crippen LogP contribution in [-0.4, -0.2) is 48.6 Å². The fourth-order valence-electron chi connectivity index (χ4n) is 5.08. The van der Waals surface area contributed by atoms with Crippen LogP contribution in [0.3, 0.4) is 0 Å². The highest BCUT2D eigenvalue weighted by Gasteiger charge is 2.24. The van der Waals surface area contributed by atoms with Crippen LogP contribution in [0.25, 0.3) is 33.2 Å². The first-order valence-corrected chi connectivity index (χ1v) is 12.1. The average molecular weight is 466 g/mol. The largest absolute Gasteiger partial charge is 0.383 e. The topological polar surface area (TPSA) is 106 Å². The molecule has 0 aliphatic carbocycles. The van der Waals surface area contributed by atoms with Gasteiger partial charge in [-0.1, -0.05) is 24.3 Å². The molecule has 4 heterocycles. The maximum absolute atomic E-state index is 12.7. The lowest BCUT2D eigenvalue weighted by Gasteiger charge is -2.32. The Morgan fingerprint density at radius 2 is 1.89 bits per heavy atom. The monoisotopic (exact) mass is 465 g/mol. The normalized spacial score (nSPS) is 14.7. The Hall–Kier alpha value is -4.20. The number of piperidine rings is 1. The Morgan fingerprint density at radius 3 is 2.71 bits per heavy atom. The summed E-state index contributed by atoms with van der Waals surface area (Å²) in [7, 11) is 0. The van der Waals surface area contributed by atoms with Crippen LogP contribution in [0.1, 0.15) is 29.6 Å². The molecule has 8 nitrogen and oxygen atoms in total. The van der Waals surface area contributed by atoms with Gasteiger partial charge < -0.3 is 15.6 Å². The average Bonchev–Trinajstić information content (AvgIpc) is 3.53. The van der Waals surface area contributed by atoms with Crippen molar-refractivity contribution in [3.63, 3.8) is 0 Å². The molecule has 0 unspecified atom stereocenters. The number of nitrogens with two attached hydrogens (primary N) is 1. The van der Waals surface area contributed by atoms with Gasteiger partial charge in [0.15, 0.2) is 5.65 Å². The molecule has 1 saturated heterocycles. The molecule has 5 aromatic rings. The number of fused-ring (bicyclic) bond motifs is 2. The number of nitrogens with zero attached hydrogens (tertiary/aromatic N) is 5. The van der Waals surface area contributed by atoms with Crippen molar-refractivity contribution in [3.05, 3.63) is 72.7 Å². The van der Waals surface area contributed by atoms with Gasteiger partial charge in [-0.3, -0.25) is 4.79 Å². The van der Waals surface area contributed by atoms with Gasteiger partial charge >= 0.3 is 0 Å². The maximum Gasteiger partial charge on any atom is 0.253 e. The van der Waals surface area contributed by atoms with Gasteiger partial charge in [-0.25, -0.2) is 14.6 Å². The number of H-pyrrole nitrogens is 1. The minimum absolute atomic E-state index is 0.123. The van der Waals surface area contributed by atoms with Crippen molar-refractivity contribution in [1.82, 2.24) is 29.6 Å². The van der Waals surface area contributed by atoms with Crippen LogP contribution in [0.15, 0.2) is 67.1 Å². The van der Waals surface area contributed by atoms with Crippen LogP contribution in [0.2, 0.25) is 0 Å². The number of nitrogen functional groups attached to an aromatic ring is 1. The number of carbonyl (C=O) groups is 1. The van der Waals surface area contributed by atoms with Crippen LogP contribution >= 0.6 is 0 Å². The third-order valence-corrected chi connectivity index (χ3v) is 7.06. The van der Waals surface area contributed by atoms with E-state index in [1.54, 1.807) is 0 Å². The molecule has 176 valence electrons. The number of carbonyl (C=O) groups excluding carboxylic acids is 1. The molecule has 1 amide bonds. The van der Waals surface area contributed by atoms with E-state index in [0.717, 1.165) is 77.7 Å². The predicted molar refractivity (Wildman–Crippen MR) is 137 cm³/mol. The first-order valence-electron chi connectivity index (χ1n) is 12.1. The van der Waals surface area contributed by atoms with Crippen molar-refractivity contribution >= 4 is 33.7 Å². The van der Waals surface area contributed by atoms with Crippen LogP contribution in [0, 0.1) is 5.92 Å². The van der Waals surface area contributed by atoms with E-state index < -0.39 is 0 Å². The van der Waals surface area contributed by atoms with Gasteiger partial charge in [0.1, 0.15) is 17.8 Å². The SMILES string of the molecule is Nc1ncnc2c1c(-c1ccc3[nH]ccc3c1)nn2CCC1CCN(C(=O)c2ccccc2)CC1. The molecule has 35 heavy (non-hydrogen) atoms. The van der Waals surface area contributed by atoms with Crippen LogP contribution < -0.4 is 5.73 Å². The van der Waals surface area contributed by atoms with Crippen molar-refractivity contribution in [2.45, 2.75) is 25.8 Å². The van der Waals surface area contributed by atoms with Crippen molar-refractivity contribution < 1.29 is 4.79 Å². The lowest BCUT2D eigenvalue weighted by Crippen LogP contribution is -2.38. The smallest absolute Gasteiger partial charge is 0.253 e. The van der Waals surface area contributed by atoms with E-state index in [0.29, 0.717) is 11.7 Å². The maximum atomic E-state index is 12.7. The third-order valence-electron chi connectivity index (χ3n) is 7.06. The number of anilines is 1. The van der Waals surface area contributed by atoms with E-state index >= 15 is 0 Å². The number of likely N-dealkylation sites (tertiary alicyclic amines) is 1. The number of nitrogens with one attached hydrogen (secondary N) is 1. The van der Waals surface area contributed by atoms with Crippen molar-refractivity contribution in [3.8, 4) is 11.3 Å². The highest BCUT2D eigenvalue weighted by molar-refractivity contribution is 6.00. The number of aromatic amines is 1. The third kappa shape index (κ3) is 4.01. The Kier molecular flexibility index (Phi) is 5.41. The Morgan fingerprint density at radius 1 is 1.06 bits per heavy atom. The van der Waals surface area contributed by atoms with E-state index in [4.69, 9.17) is 10.8 Å². The zero-order valence-electron chi connectivity index (χ0n) is 19.4. The Balaban J connectivity index is 1.19. The van der Waals surface area contributed by atoms with Gasteiger partial charge in [0.2, 0.25) is 0 Å². The summed E-state index contributed by atoms with van der Waals surface area (Å²) in [6.45, 7) is 2.32. The Bertz CT molecular complexity index is 1500. The second kappa shape index (κ2) is 8.87. The predicted octanol–water partition coefficient (Wildman–Crippen LogP) is 4.50. The van der Waals surface area contributed by atoms with E-state index in [9.17, 15) is 4.79 Å². The fraction of sp³-hybridized carbons (Fsp3) is 0.259. The zero-order chi connectivity index (χ0) is 23.8. The highest BCUT2D eigenvalue weighted by atomic mass is 16.2. The summed E-state index contributed by atoms with van der Waals surface area (Å²) in [6, 6.07) is 17.8. The van der Waals surface area contributed by atoms with Gasteiger partial charge in [-0.05, 0) is 55.5 Å². The minimum atomic E-state index is 0.123. The molecule has 0 atom stereocenters. The summed E-state index contributed by atoms with van der Waals surface area (Å²) in [5, 5.41) is 6.86. The molecule has 2 aromatic carbocycles. The van der Waals surface area contributed by atoms with Gasteiger partial charge in [0.25, 0.3) is 5.91 Å². The molecule has 8 heteroatoms. The Labute approximate surface area is 202 Å². The molecule has 0 bridgehead atoms. The number of amides is 1. The summed E-state index contributed by atoms with van der Waals surface area (Å²) in [5.74, 6) is 1.10. The molecular formula is C27H27N7O. The van der Waals surface area contributed by atoms with E-state index in [1.807, 2.05) is 52.2 Å². The number of aryl methyl sites for hydroxylation is 1. The van der Waals surface area contributed by atoms with Gasteiger partial charge in [-0.15, -0.1) is 0 Å². The number of hydrogen-bond donors (Lipinski definition) is 2. The molecule has 1 fully saturated rings. The summed E-state index contributed by atoms with van der Waals surface area (Å²) < 4.78 is 1.96. The van der Waals surface area contributed by atoms with Crippen molar-refractivity contribution in [2.24, 2.45) is 5.92 Å². The van der Waals surface area contributed by atoms with Crippen LogP contribution in [0.4, 0.5) is 5.82 Å². The summed E-state index contributed by atoms with van der Waals surface area (Å²) in [6.07, 6.45) is 6.40. The minimum Gasteiger partial charge on any atom is -0.383 e. The highest BCUT2D eigenvalue weighted by Crippen LogP contribution is 2.32. The quantitative estimate of drug-likeness (QED) is 0.398. The number of benzene rings is 2. The zero-order valence-corrected chi connectivity index (χ0v) is 19.4. The van der Waals surface area contributed by atoms with Crippen molar-refractivity contribution in [2.75, 3.05) is 18.8 Å². The molecule has 3 N–H and O–H groups in total. The number of rotatable bonds is 5. The van der Waals surface area contributed by atoms with Gasteiger partial charge in [0, 0.05) is 47.9 Å². The van der Waals surface area contributed by atoms with Crippen LogP contribution in [-0.2, 0) is 6.54 Å². The molecule has 1 aliphatic rings. The molecule has 0 spiro atoms. The lowest BCUT2D eigenvalue weighted by molar-refractivity contribution is 0.0684. The molecule has 0 radical (unpaired) electrons. The molecular weight excluding hydrogens is 438 g/mol. The standard InChI is InChI=1S/C27H27N7O/c28-25-23-24(21-6-7-22-20(16-21)8-12-29-22)32-34(26(23)31-17-30-25)15-11-18-9-13-33(14-10-18)27(35)19-4-2-1-3-5-19/h1-8,12,16-18,29H,9-11,13-15H2,(H2,28,30,31). The second-order valence-electron chi connectivity index (χ2n) is 9.20. The molecule has 6 rings (SSSR count). The van der Waals surface area contributed by atoms with E-state index in [-0.39, 0.29) is 5.91 Å².